The molecule has 1 aliphatic carbocycles. The lowest BCUT2D eigenvalue weighted by Gasteiger charge is -2.27. The zero-order chi connectivity index (χ0) is 13.7. The number of hydrogen-bond donors (Lipinski definition) is 1. The van der Waals surface area contributed by atoms with Crippen molar-refractivity contribution in [3.63, 3.8) is 0 Å². The van der Waals surface area contributed by atoms with E-state index in [0.717, 1.165) is 31.2 Å². The molecule has 0 bridgehead atoms. The van der Waals surface area contributed by atoms with Gasteiger partial charge >= 0.3 is 5.97 Å². The first-order valence-electron chi connectivity index (χ1n) is 6.57. The van der Waals surface area contributed by atoms with Crippen LogP contribution in [0.25, 0.3) is 0 Å². The molecular formula is C14H18N2O3. The number of carbonyl (C=O) groups is 2. The first kappa shape index (κ1) is 13.5. The fourth-order valence-corrected chi connectivity index (χ4v) is 2.56. The molecule has 1 N–H and O–H groups in total. The summed E-state index contributed by atoms with van der Waals surface area (Å²) >= 11 is 0. The van der Waals surface area contributed by atoms with Crippen molar-refractivity contribution < 1.29 is 14.7 Å². The number of pyridine rings is 1. The van der Waals surface area contributed by atoms with Gasteiger partial charge in [-0.25, -0.2) is 0 Å². The first-order valence-corrected chi connectivity index (χ1v) is 6.57. The van der Waals surface area contributed by atoms with Crippen LogP contribution in [0.15, 0.2) is 24.5 Å². The van der Waals surface area contributed by atoms with E-state index in [4.69, 9.17) is 5.11 Å². The molecular weight excluding hydrogens is 244 g/mol. The molecule has 1 saturated carbocycles. The van der Waals surface area contributed by atoms with E-state index >= 15 is 0 Å². The first-order chi connectivity index (χ1) is 9.16. The molecule has 0 saturated heterocycles. The molecule has 2 rings (SSSR count). The number of carbonyl (C=O) groups excluding carboxylic acids is 1. The van der Waals surface area contributed by atoms with Gasteiger partial charge in [-0.05, 0) is 30.5 Å². The zero-order valence-electron chi connectivity index (χ0n) is 10.8. The number of amides is 1. The van der Waals surface area contributed by atoms with Gasteiger partial charge in [0.2, 0.25) is 5.91 Å². The minimum atomic E-state index is -0.949. The number of carboxylic acids is 1. The van der Waals surface area contributed by atoms with Crippen LogP contribution in [-0.2, 0) is 16.0 Å². The third-order valence-corrected chi connectivity index (χ3v) is 3.50. The van der Waals surface area contributed by atoms with Crippen LogP contribution in [0, 0.1) is 0 Å². The Labute approximate surface area is 112 Å². The Morgan fingerprint density at radius 2 is 1.89 bits per heavy atom. The lowest BCUT2D eigenvalue weighted by molar-refractivity contribution is -0.145. The molecule has 0 aliphatic heterocycles. The summed E-state index contributed by atoms with van der Waals surface area (Å²) in [6, 6.07) is 3.65. The standard InChI is InChI=1S/C14H18N2O3/c17-13(9-11-5-7-15-8-6-11)16(10-14(18)19)12-3-1-2-4-12/h5-8,12H,1-4,9-10H2,(H,18,19). The third kappa shape index (κ3) is 3.77. The van der Waals surface area contributed by atoms with Gasteiger partial charge in [0.05, 0.1) is 6.42 Å². The Hall–Kier alpha value is -1.91. The average molecular weight is 262 g/mol. The Balaban J connectivity index is 2.04. The van der Waals surface area contributed by atoms with E-state index < -0.39 is 5.97 Å². The zero-order valence-corrected chi connectivity index (χ0v) is 10.8. The molecule has 5 heteroatoms. The SMILES string of the molecule is O=C(O)CN(C(=O)Cc1ccncc1)C1CCCC1. The highest BCUT2D eigenvalue weighted by Gasteiger charge is 2.28. The van der Waals surface area contributed by atoms with Gasteiger partial charge in [-0.1, -0.05) is 12.8 Å². The van der Waals surface area contributed by atoms with Gasteiger partial charge in [-0.15, -0.1) is 0 Å². The largest absolute Gasteiger partial charge is 0.480 e. The predicted molar refractivity (Wildman–Crippen MR) is 69.5 cm³/mol. The smallest absolute Gasteiger partial charge is 0.323 e. The molecule has 0 aromatic carbocycles. The van der Waals surface area contributed by atoms with Crippen LogP contribution in [0.2, 0.25) is 0 Å². The van der Waals surface area contributed by atoms with E-state index in [-0.39, 0.29) is 24.9 Å². The highest BCUT2D eigenvalue weighted by atomic mass is 16.4. The van der Waals surface area contributed by atoms with Crippen molar-refractivity contribution >= 4 is 11.9 Å². The molecule has 0 unspecified atom stereocenters. The molecule has 0 spiro atoms. The molecule has 1 amide bonds. The van der Waals surface area contributed by atoms with Crippen LogP contribution in [0.4, 0.5) is 0 Å². The molecule has 0 radical (unpaired) electrons. The maximum atomic E-state index is 12.3. The second kappa shape index (κ2) is 6.31. The van der Waals surface area contributed by atoms with Crippen molar-refractivity contribution in [2.24, 2.45) is 0 Å². The summed E-state index contributed by atoms with van der Waals surface area (Å²) in [4.78, 5) is 28.6. The highest BCUT2D eigenvalue weighted by molar-refractivity contribution is 5.83. The molecule has 1 aromatic heterocycles. The Bertz CT molecular complexity index is 441. The lowest BCUT2D eigenvalue weighted by Crippen LogP contribution is -2.43. The number of aromatic nitrogens is 1. The topological polar surface area (TPSA) is 70.5 Å². The second-order valence-electron chi connectivity index (χ2n) is 4.89. The summed E-state index contributed by atoms with van der Waals surface area (Å²) in [5.74, 6) is -1.06. The van der Waals surface area contributed by atoms with Crippen molar-refractivity contribution in [1.29, 1.82) is 0 Å². The van der Waals surface area contributed by atoms with Gasteiger partial charge in [-0.3, -0.25) is 14.6 Å². The minimum absolute atomic E-state index is 0.0884. The van der Waals surface area contributed by atoms with Crippen molar-refractivity contribution in [2.45, 2.75) is 38.1 Å². The maximum absolute atomic E-state index is 12.3. The fourth-order valence-electron chi connectivity index (χ4n) is 2.56. The van der Waals surface area contributed by atoms with E-state index in [1.54, 1.807) is 24.5 Å². The van der Waals surface area contributed by atoms with E-state index in [1.165, 1.54) is 4.90 Å². The second-order valence-corrected chi connectivity index (χ2v) is 4.89. The van der Waals surface area contributed by atoms with Crippen molar-refractivity contribution in [3.05, 3.63) is 30.1 Å². The van der Waals surface area contributed by atoms with Gasteiger partial charge in [-0.2, -0.15) is 0 Å². The summed E-state index contributed by atoms with van der Waals surface area (Å²) in [6.45, 7) is -0.200. The summed E-state index contributed by atoms with van der Waals surface area (Å²) in [7, 11) is 0. The Morgan fingerprint density at radius 3 is 2.47 bits per heavy atom. The van der Waals surface area contributed by atoms with E-state index in [0.29, 0.717) is 0 Å². The molecule has 1 fully saturated rings. The van der Waals surface area contributed by atoms with E-state index in [1.807, 2.05) is 0 Å². The van der Waals surface area contributed by atoms with Gasteiger partial charge in [0, 0.05) is 18.4 Å². The van der Waals surface area contributed by atoms with Crippen molar-refractivity contribution in [3.8, 4) is 0 Å². The molecule has 1 aromatic rings. The molecule has 1 heterocycles. The monoisotopic (exact) mass is 262 g/mol. The quantitative estimate of drug-likeness (QED) is 0.872. The fraction of sp³-hybridized carbons (Fsp3) is 0.500. The lowest BCUT2D eigenvalue weighted by atomic mass is 10.1. The number of carboxylic acid groups (broad SMARTS) is 1. The summed E-state index contributed by atoms with van der Waals surface area (Å²) < 4.78 is 0. The summed E-state index contributed by atoms with van der Waals surface area (Å²) in [5, 5.41) is 8.96. The van der Waals surface area contributed by atoms with E-state index in [9.17, 15) is 9.59 Å². The van der Waals surface area contributed by atoms with Gasteiger partial charge in [0.25, 0.3) is 0 Å². The van der Waals surface area contributed by atoms with Gasteiger partial charge < -0.3 is 10.0 Å². The van der Waals surface area contributed by atoms with Crippen molar-refractivity contribution in [1.82, 2.24) is 9.88 Å². The molecule has 0 atom stereocenters. The summed E-state index contributed by atoms with van der Waals surface area (Å²) in [6.07, 6.45) is 7.49. The number of nitrogens with zero attached hydrogens (tertiary/aromatic N) is 2. The van der Waals surface area contributed by atoms with Gasteiger partial charge in [0.15, 0.2) is 0 Å². The summed E-state index contributed by atoms with van der Waals surface area (Å²) in [5.41, 5.74) is 0.869. The van der Waals surface area contributed by atoms with Crippen LogP contribution >= 0.6 is 0 Å². The van der Waals surface area contributed by atoms with Crippen LogP contribution in [0.3, 0.4) is 0 Å². The minimum Gasteiger partial charge on any atom is -0.480 e. The van der Waals surface area contributed by atoms with Crippen molar-refractivity contribution in [2.75, 3.05) is 6.54 Å². The Morgan fingerprint density at radius 1 is 1.26 bits per heavy atom. The van der Waals surface area contributed by atoms with Gasteiger partial charge in [0.1, 0.15) is 6.54 Å². The van der Waals surface area contributed by atoms with E-state index in [2.05, 4.69) is 4.98 Å². The molecule has 19 heavy (non-hydrogen) atoms. The molecule has 1 aliphatic rings. The number of hydrogen-bond acceptors (Lipinski definition) is 3. The van der Waals surface area contributed by atoms with Crippen LogP contribution in [0.5, 0.6) is 0 Å². The molecule has 5 nitrogen and oxygen atoms in total. The van der Waals surface area contributed by atoms with Crippen LogP contribution in [-0.4, -0.2) is 39.5 Å². The normalized spacial score (nSPS) is 15.4. The maximum Gasteiger partial charge on any atom is 0.323 e. The Kier molecular flexibility index (Phi) is 4.49. The molecule has 102 valence electrons. The number of rotatable bonds is 5. The number of aliphatic carboxylic acids is 1. The predicted octanol–water partition coefficient (Wildman–Crippen LogP) is 1.48. The third-order valence-electron chi connectivity index (χ3n) is 3.50. The average Bonchev–Trinajstić information content (AvgIpc) is 2.90. The van der Waals surface area contributed by atoms with Crippen LogP contribution < -0.4 is 0 Å². The van der Waals surface area contributed by atoms with Crippen LogP contribution in [0.1, 0.15) is 31.2 Å². The highest BCUT2D eigenvalue weighted by Crippen LogP contribution is 2.24.